The Morgan fingerprint density at radius 2 is 2.17 bits per heavy atom. The number of carbonyl (C=O) groups is 1. The first kappa shape index (κ1) is 11.5. The van der Waals surface area contributed by atoms with Crippen molar-refractivity contribution in [3.8, 4) is 17.3 Å². The number of benzene rings is 1. The number of aromatic amines is 1. The van der Waals surface area contributed by atoms with Crippen molar-refractivity contribution in [2.24, 2.45) is 0 Å². The van der Waals surface area contributed by atoms with Gasteiger partial charge < -0.3 is 5.11 Å². The first-order valence-corrected chi connectivity index (χ1v) is 4.95. The van der Waals surface area contributed by atoms with E-state index in [1.54, 1.807) is 18.2 Å². The van der Waals surface area contributed by atoms with E-state index in [1.807, 2.05) is 6.07 Å². The molecule has 1 heterocycles. The lowest BCUT2D eigenvalue weighted by Crippen LogP contribution is -2.16. The minimum atomic E-state index is -1.24. The lowest BCUT2D eigenvalue weighted by molar-refractivity contribution is 0.0690. The SMILES string of the molecule is N#Cc1cccc(-c2cc(C(=O)O)[nH]c(=O)n2)c1. The molecule has 0 aliphatic rings. The van der Waals surface area contributed by atoms with Crippen LogP contribution in [0.15, 0.2) is 35.1 Å². The highest BCUT2D eigenvalue weighted by Gasteiger charge is 2.09. The first-order valence-electron chi connectivity index (χ1n) is 4.95. The van der Waals surface area contributed by atoms with Crippen LogP contribution >= 0.6 is 0 Å². The molecule has 0 spiro atoms. The third kappa shape index (κ3) is 2.25. The summed E-state index contributed by atoms with van der Waals surface area (Å²) in [5.74, 6) is -1.24. The second-order valence-corrected chi connectivity index (χ2v) is 3.48. The maximum Gasteiger partial charge on any atom is 0.352 e. The Hall–Kier alpha value is -2.94. The Kier molecular flexibility index (Phi) is 2.89. The minimum absolute atomic E-state index is 0.216. The summed E-state index contributed by atoms with van der Waals surface area (Å²) in [5, 5.41) is 17.6. The van der Waals surface area contributed by atoms with E-state index in [1.165, 1.54) is 12.1 Å². The number of H-pyrrole nitrogens is 1. The van der Waals surface area contributed by atoms with Gasteiger partial charge in [-0.25, -0.2) is 9.59 Å². The Bertz CT molecular complexity index is 713. The van der Waals surface area contributed by atoms with Crippen LogP contribution in [-0.4, -0.2) is 21.0 Å². The zero-order chi connectivity index (χ0) is 13.1. The zero-order valence-electron chi connectivity index (χ0n) is 9.04. The summed E-state index contributed by atoms with van der Waals surface area (Å²) >= 11 is 0. The van der Waals surface area contributed by atoms with Crippen molar-refractivity contribution in [2.75, 3.05) is 0 Å². The molecule has 0 aliphatic carbocycles. The molecule has 1 aromatic heterocycles. The summed E-state index contributed by atoms with van der Waals surface area (Å²) < 4.78 is 0. The second-order valence-electron chi connectivity index (χ2n) is 3.48. The molecule has 2 N–H and O–H groups in total. The van der Waals surface area contributed by atoms with Crippen LogP contribution in [0.2, 0.25) is 0 Å². The molecule has 2 rings (SSSR count). The van der Waals surface area contributed by atoms with Gasteiger partial charge in [-0.1, -0.05) is 12.1 Å². The third-order valence-electron chi connectivity index (χ3n) is 2.26. The lowest BCUT2D eigenvalue weighted by atomic mass is 10.1. The number of carboxylic acids is 1. The molecule has 18 heavy (non-hydrogen) atoms. The maximum absolute atomic E-state index is 11.2. The summed E-state index contributed by atoms with van der Waals surface area (Å²) in [5.41, 5.74) is 0.155. The molecule has 0 atom stereocenters. The van der Waals surface area contributed by atoms with Gasteiger partial charge in [0.2, 0.25) is 0 Å². The van der Waals surface area contributed by atoms with Crippen LogP contribution in [0.25, 0.3) is 11.3 Å². The average Bonchev–Trinajstić information content (AvgIpc) is 2.38. The largest absolute Gasteiger partial charge is 0.477 e. The molecule has 6 heteroatoms. The number of hydrogen-bond acceptors (Lipinski definition) is 4. The van der Waals surface area contributed by atoms with Crippen molar-refractivity contribution in [2.45, 2.75) is 0 Å². The molecule has 0 aliphatic heterocycles. The number of nitrogens with one attached hydrogen (secondary N) is 1. The standard InChI is InChI=1S/C12H7N3O3/c13-6-7-2-1-3-8(4-7)9-5-10(11(16)17)15-12(18)14-9/h1-5H,(H,16,17)(H,14,15,18). The van der Waals surface area contributed by atoms with Gasteiger partial charge in [-0.05, 0) is 18.2 Å². The van der Waals surface area contributed by atoms with E-state index in [-0.39, 0.29) is 11.4 Å². The van der Waals surface area contributed by atoms with Gasteiger partial charge in [0, 0.05) is 5.56 Å². The van der Waals surface area contributed by atoms with Crippen LogP contribution < -0.4 is 5.69 Å². The number of nitriles is 1. The average molecular weight is 241 g/mol. The zero-order valence-corrected chi connectivity index (χ0v) is 9.04. The smallest absolute Gasteiger partial charge is 0.352 e. The predicted octanol–water partition coefficient (Wildman–Crippen LogP) is 1.01. The van der Waals surface area contributed by atoms with E-state index < -0.39 is 11.7 Å². The highest BCUT2D eigenvalue weighted by atomic mass is 16.4. The molecule has 0 unspecified atom stereocenters. The van der Waals surface area contributed by atoms with Crippen LogP contribution in [-0.2, 0) is 0 Å². The number of aromatic carboxylic acids is 1. The molecule has 0 fully saturated rings. The van der Waals surface area contributed by atoms with E-state index in [0.29, 0.717) is 11.1 Å². The monoisotopic (exact) mass is 241 g/mol. The lowest BCUT2D eigenvalue weighted by Gasteiger charge is -2.01. The fraction of sp³-hybridized carbons (Fsp3) is 0. The molecule has 2 aromatic rings. The third-order valence-corrected chi connectivity index (χ3v) is 2.26. The van der Waals surface area contributed by atoms with Gasteiger partial charge in [0.25, 0.3) is 0 Å². The van der Waals surface area contributed by atoms with E-state index in [4.69, 9.17) is 10.4 Å². The summed E-state index contributed by atoms with van der Waals surface area (Å²) in [4.78, 5) is 27.9. The summed E-state index contributed by atoms with van der Waals surface area (Å²) in [6.07, 6.45) is 0. The van der Waals surface area contributed by atoms with Gasteiger partial charge in [-0.3, -0.25) is 4.98 Å². The van der Waals surface area contributed by atoms with Crippen LogP contribution in [0, 0.1) is 11.3 Å². The van der Waals surface area contributed by atoms with E-state index in [9.17, 15) is 9.59 Å². The molecule has 1 aromatic carbocycles. The molecule has 0 saturated carbocycles. The van der Waals surface area contributed by atoms with Crippen molar-refractivity contribution in [3.05, 3.63) is 52.1 Å². The second kappa shape index (κ2) is 4.51. The van der Waals surface area contributed by atoms with E-state index in [0.717, 1.165) is 0 Å². The quantitative estimate of drug-likeness (QED) is 0.815. The van der Waals surface area contributed by atoms with Crippen LogP contribution in [0.1, 0.15) is 16.1 Å². The van der Waals surface area contributed by atoms with Crippen molar-refractivity contribution in [1.82, 2.24) is 9.97 Å². The summed E-state index contributed by atoms with van der Waals surface area (Å²) in [7, 11) is 0. The Balaban J connectivity index is 2.60. The van der Waals surface area contributed by atoms with Gasteiger partial charge in [0.1, 0.15) is 5.69 Å². The molecule has 88 valence electrons. The van der Waals surface area contributed by atoms with Gasteiger partial charge >= 0.3 is 11.7 Å². The summed E-state index contributed by atoms with van der Waals surface area (Å²) in [6, 6.07) is 9.63. The fourth-order valence-corrected chi connectivity index (χ4v) is 1.47. The number of nitrogens with zero attached hydrogens (tertiary/aromatic N) is 2. The Morgan fingerprint density at radius 3 is 2.83 bits per heavy atom. The highest BCUT2D eigenvalue weighted by Crippen LogP contribution is 2.17. The van der Waals surface area contributed by atoms with Gasteiger partial charge in [-0.15, -0.1) is 0 Å². The van der Waals surface area contributed by atoms with Crippen molar-refractivity contribution in [1.29, 1.82) is 5.26 Å². The molecule has 0 saturated heterocycles. The molecular weight excluding hydrogens is 234 g/mol. The number of aromatic nitrogens is 2. The van der Waals surface area contributed by atoms with Crippen LogP contribution in [0.3, 0.4) is 0 Å². The highest BCUT2D eigenvalue weighted by molar-refractivity contribution is 5.86. The summed E-state index contributed by atoms with van der Waals surface area (Å²) in [6.45, 7) is 0. The molecule has 0 radical (unpaired) electrons. The molecule has 6 nitrogen and oxygen atoms in total. The minimum Gasteiger partial charge on any atom is -0.477 e. The predicted molar refractivity (Wildman–Crippen MR) is 62.0 cm³/mol. The topological polar surface area (TPSA) is 107 Å². The van der Waals surface area contributed by atoms with E-state index in [2.05, 4.69) is 9.97 Å². The Labute approximate surface area is 101 Å². The van der Waals surface area contributed by atoms with Crippen molar-refractivity contribution < 1.29 is 9.90 Å². The normalized spacial score (nSPS) is 9.72. The van der Waals surface area contributed by atoms with Crippen molar-refractivity contribution >= 4 is 5.97 Å². The van der Waals surface area contributed by atoms with Gasteiger partial charge in [-0.2, -0.15) is 10.2 Å². The molecular formula is C12H7N3O3. The molecule has 0 amide bonds. The van der Waals surface area contributed by atoms with Gasteiger partial charge in [0.15, 0.2) is 0 Å². The Morgan fingerprint density at radius 1 is 1.39 bits per heavy atom. The van der Waals surface area contributed by atoms with Crippen LogP contribution in [0.5, 0.6) is 0 Å². The number of carboxylic acid groups (broad SMARTS) is 1. The van der Waals surface area contributed by atoms with E-state index >= 15 is 0 Å². The van der Waals surface area contributed by atoms with Gasteiger partial charge in [0.05, 0.1) is 17.3 Å². The number of hydrogen-bond donors (Lipinski definition) is 2. The maximum atomic E-state index is 11.2. The number of rotatable bonds is 2. The molecule has 0 bridgehead atoms. The van der Waals surface area contributed by atoms with Crippen molar-refractivity contribution in [3.63, 3.8) is 0 Å². The fourth-order valence-electron chi connectivity index (χ4n) is 1.47. The first-order chi connectivity index (χ1) is 8.60. The van der Waals surface area contributed by atoms with Crippen LogP contribution in [0.4, 0.5) is 0 Å².